The fourth-order valence-corrected chi connectivity index (χ4v) is 2.68. The van der Waals surface area contributed by atoms with Gasteiger partial charge in [0.05, 0.1) is 19.9 Å². The fourth-order valence-electron chi connectivity index (χ4n) is 2.55. The van der Waals surface area contributed by atoms with Gasteiger partial charge in [0.15, 0.2) is 11.6 Å². The van der Waals surface area contributed by atoms with Gasteiger partial charge in [-0.2, -0.15) is 4.98 Å². The smallest absolute Gasteiger partial charge is 0.325 e. The van der Waals surface area contributed by atoms with E-state index in [0.29, 0.717) is 19.6 Å². The van der Waals surface area contributed by atoms with E-state index in [-0.39, 0.29) is 23.6 Å². The predicted molar refractivity (Wildman–Crippen MR) is 99.6 cm³/mol. The van der Waals surface area contributed by atoms with Gasteiger partial charge < -0.3 is 19.4 Å². The Morgan fingerprint density at radius 1 is 1.37 bits per heavy atom. The summed E-state index contributed by atoms with van der Waals surface area (Å²) in [4.78, 5) is 18.8. The number of rotatable bonds is 8. The number of benzene rings is 1. The highest BCUT2D eigenvalue weighted by atomic mass is 35.5. The van der Waals surface area contributed by atoms with Crippen molar-refractivity contribution in [2.75, 3.05) is 25.6 Å². The van der Waals surface area contributed by atoms with E-state index in [0.717, 1.165) is 22.8 Å². The zero-order valence-corrected chi connectivity index (χ0v) is 15.4. The number of nitrogens with one attached hydrogen (secondary N) is 1. The minimum absolute atomic E-state index is 0.0115. The van der Waals surface area contributed by atoms with Crippen molar-refractivity contribution in [2.24, 2.45) is 0 Å². The third kappa shape index (κ3) is 4.85. The van der Waals surface area contributed by atoms with Crippen LogP contribution in [0.4, 0.5) is 10.2 Å². The maximum absolute atomic E-state index is 13.5. The summed E-state index contributed by atoms with van der Waals surface area (Å²) in [6.07, 6.45) is 3.49. The van der Waals surface area contributed by atoms with Crippen LogP contribution in [0.3, 0.4) is 0 Å². The van der Waals surface area contributed by atoms with Gasteiger partial charge in [0.25, 0.3) is 0 Å². The molecule has 0 saturated carbocycles. The van der Waals surface area contributed by atoms with E-state index in [2.05, 4.69) is 20.0 Å². The van der Waals surface area contributed by atoms with Gasteiger partial charge in [-0.05, 0) is 42.3 Å². The van der Waals surface area contributed by atoms with Crippen LogP contribution in [0.1, 0.15) is 6.42 Å². The average Bonchev–Trinajstić information content (AvgIpc) is 3.06. The fraction of sp³-hybridized carbons (Fsp3) is 0.278. The number of fused-ring (bicyclic) bond motifs is 1. The summed E-state index contributed by atoms with van der Waals surface area (Å²) in [5, 5.41) is 3.81. The van der Waals surface area contributed by atoms with Gasteiger partial charge in [-0.15, -0.1) is 0 Å². The SMILES string of the molecule is COC(=O)Cn1ccc2cc(OCCCNc3nc(Cl)ncc3F)ccc21. The third-order valence-corrected chi connectivity index (χ3v) is 4.05. The number of aromatic nitrogens is 3. The van der Waals surface area contributed by atoms with Crippen LogP contribution in [-0.2, 0) is 16.1 Å². The minimum Gasteiger partial charge on any atom is -0.494 e. The second-order valence-electron chi connectivity index (χ2n) is 5.70. The molecule has 9 heteroatoms. The van der Waals surface area contributed by atoms with Gasteiger partial charge in [0.2, 0.25) is 5.28 Å². The maximum atomic E-state index is 13.5. The zero-order chi connectivity index (χ0) is 19.2. The van der Waals surface area contributed by atoms with Gasteiger partial charge in [-0.25, -0.2) is 9.37 Å². The van der Waals surface area contributed by atoms with Crippen molar-refractivity contribution in [3.05, 3.63) is 47.8 Å². The molecule has 2 heterocycles. The van der Waals surface area contributed by atoms with Crippen molar-refractivity contribution < 1.29 is 18.7 Å². The molecule has 0 aliphatic rings. The molecule has 0 fully saturated rings. The second-order valence-corrected chi connectivity index (χ2v) is 6.04. The topological polar surface area (TPSA) is 78.3 Å². The molecular formula is C18H18ClFN4O3. The van der Waals surface area contributed by atoms with E-state index in [9.17, 15) is 9.18 Å². The first-order chi connectivity index (χ1) is 13.1. The Hall–Kier alpha value is -2.87. The number of ether oxygens (including phenoxy) is 2. The summed E-state index contributed by atoms with van der Waals surface area (Å²) in [5.74, 6) is -0.0677. The summed E-state index contributed by atoms with van der Waals surface area (Å²) in [6.45, 7) is 1.08. The molecular weight excluding hydrogens is 375 g/mol. The van der Waals surface area contributed by atoms with Crippen LogP contribution in [0.25, 0.3) is 10.9 Å². The Kier molecular flexibility index (Phi) is 6.08. The molecule has 0 amide bonds. The number of anilines is 1. The van der Waals surface area contributed by atoms with Crippen LogP contribution in [0, 0.1) is 5.82 Å². The van der Waals surface area contributed by atoms with Crippen molar-refractivity contribution in [3.63, 3.8) is 0 Å². The minimum atomic E-state index is -0.553. The molecule has 27 heavy (non-hydrogen) atoms. The number of methoxy groups -OCH3 is 1. The molecule has 0 spiro atoms. The first-order valence-corrected chi connectivity index (χ1v) is 8.65. The molecule has 0 aliphatic heterocycles. The average molecular weight is 393 g/mol. The van der Waals surface area contributed by atoms with E-state index in [1.165, 1.54) is 7.11 Å². The highest BCUT2D eigenvalue weighted by Gasteiger charge is 2.08. The van der Waals surface area contributed by atoms with Crippen LogP contribution < -0.4 is 10.1 Å². The molecule has 7 nitrogen and oxygen atoms in total. The van der Waals surface area contributed by atoms with Crippen molar-refractivity contribution >= 4 is 34.3 Å². The molecule has 3 rings (SSSR count). The monoisotopic (exact) mass is 392 g/mol. The van der Waals surface area contributed by atoms with Crippen molar-refractivity contribution in [1.29, 1.82) is 0 Å². The standard InChI is InChI=1S/C18H18ClFN4O3/c1-26-16(25)11-24-7-5-12-9-13(3-4-15(12)24)27-8-2-6-21-17-14(20)10-22-18(19)23-17/h3-5,7,9-10H,2,6,8,11H2,1H3,(H,21,22,23). The summed E-state index contributed by atoms with van der Waals surface area (Å²) in [5.41, 5.74) is 0.922. The quantitative estimate of drug-likeness (QED) is 0.360. The lowest BCUT2D eigenvalue weighted by atomic mass is 10.2. The van der Waals surface area contributed by atoms with Crippen LogP contribution in [-0.4, -0.2) is 40.8 Å². The number of hydrogen-bond donors (Lipinski definition) is 1. The molecule has 1 aromatic carbocycles. The van der Waals surface area contributed by atoms with Crippen LogP contribution in [0.5, 0.6) is 5.75 Å². The number of esters is 1. The van der Waals surface area contributed by atoms with Gasteiger partial charge >= 0.3 is 5.97 Å². The summed E-state index contributed by atoms with van der Waals surface area (Å²) in [6, 6.07) is 7.55. The van der Waals surface area contributed by atoms with Gasteiger partial charge in [-0.1, -0.05) is 0 Å². The molecule has 3 aromatic rings. The Morgan fingerprint density at radius 3 is 3.04 bits per heavy atom. The van der Waals surface area contributed by atoms with Crippen LogP contribution in [0.2, 0.25) is 5.28 Å². The summed E-state index contributed by atoms with van der Waals surface area (Å²) in [7, 11) is 1.36. The van der Waals surface area contributed by atoms with Crippen LogP contribution >= 0.6 is 11.6 Å². The molecule has 0 saturated heterocycles. The van der Waals surface area contributed by atoms with E-state index in [1.54, 1.807) is 0 Å². The lowest BCUT2D eigenvalue weighted by Gasteiger charge is -2.09. The van der Waals surface area contributed by atoms with E-state index >= 15 is 0 Å². The van der Waals surface area contributed by atoms with Gasteiger partial charge in [-0.3, -0.25) is 4.79 Å². The molecule has 1 N–H and O–H groups in total. The third-order valence-electron chi connectivity index (χ3n) is 3.87. The first kappa shape index (κ1) is 18.9. The molecule has 0 unspecified atom stereocenters. The first-order valence-electron chi connectivity index (χ1n) is 8.27. The lowest BCUT2D eigenvalue weighted by molar-refractivity contribution is -0.141. The van der Waals surface area contributed by atoms with Crippen molar-refractivity contribution in [1.82, 2.24) is 14.5 Å². The molecule has 0 atom stereocenters. The second kappa shape index (κ2) is 8.68. The molecule has 0 radical (unpaired) electrons. The van der Waals surface area contributed by atoms with Crippen LogP contribution in [0.15, 0.2) is 36.7 Å². The number of carbonyl (C=O) groups excluding carboxylic acids is 1. The number of halogens is 2. The number of carbonyl (C=O) groups is 1. The Labute approximate surface area is 160 Å². The predicted octanol–water partition coefficient (Wildman–Crippen LogP) is 3.28. The Morgan fingerprint density at radius 2 is 2.22 bits per heavy atom. The lowest BCUT2D eigenvalue weighted by Crippen LogP contribution is -2.10. The Bertz CT molecular complexity index is 948. The number of nitrogens with zero attached hydrogens (tertiary/aromatic N) is 3. The highest BCUT2D eigenvalue weighted by molar-refractivity contribution is 6.28. The largest absolute Gasteiger partial charge is 0.494 e. The van der Waals surface area contributed by atoms with Gasteiger partial charge in [0.1, 0.15) is 12.3 Å². The maximum Gasteiger partial charge on any atom is 0.325 e. The van der Waals surface area contributed by atoms with E-state index in [4.69, 9.17) is 16.3 Å². The normalized spacial score (nSPS) is 10.8. The molecule has 142 valence electrons. The van der Waals surface area contributed by atoms with E-state index in [1.807, 2.05) is 35.0 Å². The zero-order valence-electron chi connectivity index (χ0n) is 14.6. The summed E-state index contributed by atoms with van der Waals surface area (Å²) < 4.78 is 25.7. The molecule has 2 aromatic heterocycles. The molecule has 0 bridgehead atoms. The van der Waals surface area contributed by atoms with Gasteiger partial charge in [0, 0.05) is 23.6 Å². The molecule has 0 aliphatic carbocycles. The van der Waals surface area contributed by atoms with Crippen molar-refractivity contribution in [2.45, 2.75) is 13.0 Å². The Balaban J connectivity index is 1.50. The summed E-state index contributed by atoms with van der Waals surface area (Å²) >= 11 is 5.64. The van der Waals surface area contributed by atoms with E-state index < -0.39 is 5.82 Å². The van der Waals surface area contributed by atoms with Crippen molar-refractivity contribution in [3.8, 4) is 5.75 Å². The highest BCUT2D eigenvalue weighted by Crippen LogP contribution is 2.22. The number of hydrogen-bond acceptors (Lipinski definition) is 6.